The molecule has 2 atom stereocenters. The number of nitrogens with zero attached hydrogens (tertiary/aromatic N) is 1. The summed E-state index contributed by atoms with van der Waals surface area (Å²) in [6.07, 6.45) is 9.63. The van der Waals surface area contributed by atoms with Crippen LogP contribution in [0.25, 0.3) is 0 Å². The SMILES string of the molecule is c1ccc2c(c1)N=C1CCC[C@H]3CCCC[C@]123. The van der Waals surface area contributed by atoms with Crippen molar-refractivity contribution in [1.29, 1.82) is 0 Å². The van der Waals surface area contributed by atoms with Crippen molar-refractivity contribution >= 4 is 11.4 Å². The molecule has 88 valence electrons. The summed E-state index contributed by atoms with van der Waals surface area (Å²) in [4.78, 5) is 4.97. The number of hydrogen-bond acceptors (Lipinski definition) is 1. The van der Waals surface area contributed by atoms with Gasteiger partial charge in [-0.1, -0.05) is 31.0 Å². The van der Waals surface area contributed by atoms with Crippen LogP contribution in [0.1, 0.15) is 50.5 Å². The van der Waals surface area contributed by atoms with E-state index in [0.29, 0.717) is 5.41 Å². The summed E-state index contributed by atoms with van der Waals surface area (Å²) in [7, 11) is 0. The molecule has 1 aliphatic heterocycles. The van der Waals surface area contributed by atoms with Crippen LogP contribution in [-0.2, 0) is 5.41 Å². The standard InChI is InChI=1S/C16H19N/c1-2-9-14-13(8-1)16-11-4-3-6-12(16)7-5-10-15(16)17-14/h1-2,8-9,12H,3-7,10-11H2/t12-,16-/m1/s1. The van der Waals surface area contributed by atoms with E-state index in [1.165, 1.54) is 56.3 Å². The molecule has 1 spiro atoms. The van der Waals surface area contributed by atoms with Crippen molar-refractivity contribution in [3.63, 3.8) is 0 Å². The van der Waals surface area contributed by atoms with E-state index in [1.54, 1.807) is 5.56 Å². The van der Waals surface area contributed by atoms with Gasteiger partial charge < -0.3 is 0 Å². The molecule has 0 unspecified atom stereocenters. The van der Waals surface area contributed by atoms with Crippen molar-refractivity contribution in [1.82, 2.24) is 0 Å². The summed E-state index contributed by atoms with van der Waals surface area (Å²) >= 11 is 0. The molecule has 0 amide bonds. The first-order valence-electron chi connectivity index (χ1n) is 7.09. The highest BCUT2D eigenvalue weighted by Crippen LogP contribution is 2.56. The van der Waals surface area contributed by atoms with Crippen LogP contribution in [0.15, 0.2) is 29.3 Å². The summed E-state index contributed by atoms with van der Waals surface area (Å²) < 4.78 is 0. The van der Waals surface area contributed by atoms with Gasteiger partial charge in [-0.25, -0.2) is 0 Å². The predicted molar refractivity (Wildman–Crippen MR) is 71.0 cm³/mol. The Labute approximate surface area is 103 Å². The summed E-state index contributed by atoms with van der Waals surface area (Å²) in [6.45, 7) is 0. The molecule has 0 saturated heterocycles. The molecular weight excluding hydrogens is 206 g/mol. The van der Waals surface area contributed by atoms with Crippen LogP contribution in [0.4, 0.5) is 5.69 Å². The van der Waals surface area contributed by atoms with Gasteiger partial charge in [0.2, 0.25) is 0 Å². The second kappa shape index (κ2) is 3.44. The number of rotatable bonds is 0. The first kappa shape index (κ1) is 9.87. The van der Waals surface area contributed by atoms with E-state index in [4.69, 9.17) is 4.99 Å². The van der Waals surface area contributed by atoms with Crippen molar-refractivity contribution in [2.75, 3.05) is 0 Å². The largest absolute Gasteiger partial charge is 0.257 e. The maximum absolute atomic E-state index is 4.97. The molecule has 0 N–H and O–H groups in total. The molecule has 1 heterocycles. The van der Waals surface area contributed by atoms with Gasteiger partial charge in [-0.05, 0) is 49.7 Å². The van der Waals surface area contributed by atoms with Crippen molar-refractivity contribution in [3.8, 4) is 0 Å². The summed E-state index contributed by atoms with van der Waals surface area (Å²) in [5.74, 6) is 0.882. The second-order valence-electron chi connectivity index (χ2n) is 5.88. The third kappa shape index (κ3) is 1.17. The van der Waals surface area contributed by atoms with E-state index in [2.05, 4.69) is 24.3 Å². The molecule has 2 saturated carbocycles. The summed E-state index contributed by atoms with van der Waals surface area (Å²) in [5.41, 5.74) is 4.72. The zero-order valence-electron chi connectivity index (χ0n) is 10.3. The minimum atomic E-state index is 0.368. The van der Waals surface area contributed by atoms with E-state index in [9.17, 15) is 0 Å². The van der Waals surface area contributed by atoms with Gasteiger partial charge in [0.25, 0.3) is 0 Å². The Morgan fingerprint density at radius 3 is 2.94 bits per heavy atom. The van der Waals surface area contributed by atoms with Gasteiger partial charge in [0.1, 0.15) is 0 Å². The fourth-order valence-electron chi connectivity index (χ4n) is 4.51. The van der Waals surface area contributed by atoms with Gasteiger partial charge in [0.15, 0.2) is 0 Å². The Hall–Kier alpha value is -1.11. The highest BCUT2D eigenvalue weighted by molar-refractivity contribution is 6.02. The van der Waals surface area contributed by atoms with Crippen LogP contribution < -0.4 is 0 Å². The Morgan fingerprint density at radius 2 is 1.94 bits per heavy atom. The molecule has 1 heteroatoms. The summed E-state index contributed by atoms with van der Waals surface area (Å²) in [5, 5.41) is 0. The Balaban J connectivity index is 1.93. The molecule has 2 aliphatic carbocycles. The monoisotopic (exact) mass is 225 g/mol. The zero-order valence-corrected chi connectivity index (χ0v) is 10.3. The lowest BCUT2D eigenvalue weighted by Gasteiger charge is -2.46. The maximum atomic E-state index is 4.97. The number of aliphatic imine (C=N–C) groups is 1. The molecule has 1 aromatic rings. The van der Waals surface area contributed by atoms with E-state index >= 15 is 0 Å². The van der Waals surface area contributed by atoms with E-state index in [1.807, 2.05) is 0 Å². The molecule has 0 aromatic heterocycles. The first-order chi connectivity index (χ1) is 8.41. The number of fused-ring (bicyclic) bond motifs is 1. The molecule has 2 fully saturated rings. The Bertz CT molecular complexity index is 486. The zero-order chi connectivity index (χ0) is 11.3. The lowest BCUT2D eigenvalue weighted by molar-refractivity contribution is 0.221. The fraction of sp³-hybridized carbons (Fsp3) is 0.562. The highest BCUT2D eigenvalue weighted by Gasteiger charge is 2.51. The van der Waals surface area contributed by atoms with Crippen LogP contribution in [0, 0.1) is 5.92 Å². The predicted octanol–water partition coefficient (Wildman–Crippen LogP) is 4.38. The van der Waals surface area contributed by atoms with Gasteiger partial charge >= 0.3 is 0 Å². The molecule has 3 aliphatic rings. The van der Waals surface area contributed by atoms with Gasteiger partial charge in [-0.2, -0.15) is 0 Å². The Kier molecular flexibility index (Phi) is 2.00. The maximum Gasteiger partial charge on any atom is 0.0671 e. The lowest BCUT2D eigenvalue weighted by atomic mass is 9.56. The van der Waals surface area contributed by atoms with Crippen LogP contribution in [0.3, 0.4) is 0 Å². The second-order valence-corrected chi connectivity index (χ2v) is 5.88. The first-order valence-corrected chi connectivity index (χ1v) is 7.09. The van der Waals surface area contributed by atoms with Crippen molar-refractivity contribution < 1.29 is 0 Å². The average molecular weight is 225 g/mol. The van der Waals surface area contributed by atoms with Crippen molar-refractivity contribution in [3.05, 3.63) is 29.8 Å². The lowest BCUT2D eigenvalue weighted by Crippen LogP contribution is -2.45. The topological polar surface area (TPSA) is 12.4 Å². The minimum absolute atomic E-state index is 0.368. The molecule has 0 bridgehead atoms. The number of benzene rings is 1. The van der Waals surface area contributed by atoms with Gasteiger partial charge in [0.05, 0.1) is 5.69 Å². The summed E-state index contributed by atoms with van der Waals surface area (Å²) in [6, 6.07) is 8.89. The molecule has 1 nitrogen and oxygen atoms in total. The van der Waals surface area contributed by atoms with E-state index in [0.717, 1.165) is 5.92 Å². The molecule has 17 heavy (non-hydrogen) atoms. The Morgan fingerprint density at radius 1 is 1.06 bits per heavy atom. The van der Waals surface area contributed by atoms with Crippen LogP contribution in [0.5, 0.6) is 0 Å². The van der Waals surface area contributed by atoms with Crippen molar-refractivity contribution in [2.24, 2.45) is 10.9 Å². The van der Waals surface area contributed by atoms with Crippen molar-refractivity contribution in [2.45, 2.75) is 50.4 Å². The third-order valence-electron chi connectivity index (χ3n) is 5.19. The van der Waals surface area contributed by atoms with Crippen LogP contribution in [-0.4, -0.2) is 5.71 Å². The normalized spacial score (nSPS) is 34.6. The number of para-hydroxylation sites is 1. The fourth-order valence-corrected chi connectivity index (χ4v) is 4.51. The van der Waals surface area contributed by atoms with Gasteiger partial charge in [-0.3, -0.25) is 4.99 Å². The number of hydrogen-bond donors (Lipinski definition) is 0. The molecule has 1 aromatic carbocycles. The smallest absolute Gasteiger partial charge is 0.0671 e. The van der Waals surface area contributed by atoms with Crippen LogP contribution in [0.2, 0.25) is 0 Å². The van der Waals surface area contributed by atoms with Gasteiger partial charge in [-0.15, -0.1) is 0 Å². The highest BCUT2D eigenvalue weighted by atomic mass is 14.8. The third-order valence-corrected chi connectivity index (χ3v) is 5.19. The minimum Gasteiger partial charge on any atom is -0.257 e. The van der Waals surface area contributed by atoms with Gasteiger partial charge in [0, 0.05) is 11.1 Å². The quantitative estimate of drug-likeness (QED) is 0.621. The van der Waals surface area contributed by atoms with E-state index in [-0.39, 0.29) is 0 Å². The molecule has 0 radical (unpaired) electrons. The van der Waals surface area contributed by atoms with Crippen LogP contribution >= 0.6 is 0 Å². The van der Waals surface area contributed by atoms with E-state index < -0.39 is 0 Å². The molecular formula is C16H19N. The average Bonchev–Trinajstić information content (AvgIpc) is 2.71. The molecule has 4 rings (SSSR count).